The maximum absolute atomic E-state index is 12.9. The molecule has 0 aliphatic heterocycles. The van der Waals surface area contributed by atoms with Gasteiger partial charge in [-0.25, -0.2) is 0 Å². The van der Waals surface area contributed by atoms with Gasteiger partial charge in [-0.15, -0.1) is 0 Å². The standard InChI is InChI=1S/C14H14F3NO/c1-7(2)9-5-4-6-10-11(9)18-13(14(15,16)17)8(3)12(10)19/h4-7H,1-3H3,(H,18,19). The summed E-state index contributed by atoms with van der Waals surface area (Å²) in [5.74, 6) is 0.0307. The van der Waals surface area contributed by atoms with Crippen molar-refractivity contribution in [2.45, 2.75) is 32.9 Å². The number of benzene rings is 1. The number of para-hydroxylation sites is 1. The first-order valence-electron chi connectivity index (χ1n) is 5.96. The van der Waals surface area contributed by atoms with E-state index in [1.54, 1.807) is 18.2 Å². The Morgan fingerprint density at radius 2 is 1.84 bits per heavy atom. The molecule has 0 saturated carbocycles. The Morgan fingerprint density at radius 1 is 1.21 bits per heavy atom. The van der Waals surface area contributed by atoms with E-state index < -0.39 is 17.3 Å². The quantitative estimate of drug-likeness (QED) is 0.834. The number of aromatic nitrogens is 1. The molecule has 1 aromatic heterocycles. The van der Waals surface area contributed by atoms with Crippen molar-refractivity contribution < 1.29 is 13.2 Å². The molecule has 1 aromatic carbocycles. The first-order chi connectivity index (χ1) is 8.73. The zero-order valence-electron chi connectivity index (χ0n) is 10.9. The van der Waals surface area contributed by atoms with Crippen molar-refractivity contribution in [3.8, 4) is 0 Å². The van der Waals surface area contributed by atoms with Gasteiger partial charge in [-0.2, -0.15) is 13.2 Å². The number of alkyl halides is 3. The van der Waals surface area contributed by atoms with Gasteiger partial charge in [0.1, 0.15) is 5.69 Å². The Hall–Kier alpha value is -1.78. The Labute approximate surface area is 108 Å². The van der Waals surface area contributed by atoms with Crippen LogP contribution in [-0.2, 0) is 6.18 Å². The molecule has 0 bridgehead atoms. The highest BCUT2D eigenvalue weighted by Crippen LogP contribution is 2.31. The van der Waals surface area contributed by atoms with Crippen molar-refractivity contribution >= 4 is 10.9 Å². The SMILES string of the molecule is Cc1c(C(F)(F)F)[nH]c2c(C(C)C)cccc2c1=O. The van der Waals surface area contributed by atoms with Crippen molar-refractivity contribution in [3.63, 3.8) is 0 Å². The molecule has 0 aliphatic carbocycles. The van der Waals surface area contributed by atoms with Crippen molar-refractivity contribution in [3.05, 3.63) is 45.2 Å². The molecule has 0 saturated heterocycles. The maximum Gasteiger partial charge on any atom is 0.431 e. The number of hydrogen-bond acceptors (Lipinski definition) is 1. The fraction of sp³-hybridized carbons (Fsp3) is 0.357. The molecule has 102 valence electrons. The average molecular weight is 269 g/mol. The van der Waals surface area contributed by atoms with E-state index >= 15 is 0 Å². The highest BCUT2D eigenvalue weighted by molar-refractivity contribution is 5.83. The van der Waals surface area contributed by atoms with Crippen LogP contribution in [0.15, 0.2) is 23.0 Å². The molecule has 0 aliphatic rings. The third-order valence-corrected chi connectivity index (χ3v) is 3.21. The molecule has 5 heteroatoms. The van der Waals surface area contributed by atoms with Gasteiger partial charge in [-0.05, 0) is 24.5 Å². The lowest BCUT2D eigenvalue weighted by Gasteiger charge is -2.15. The average Bonchev–Trinajstić information content (AvgIpc) is 2.31. The fourth-order valence-corrected chi connectivity index (χ4v) is 2.20. The van der Waals surface area contributed by atoms with Crippen LogP contribution < -0.4 is 5.43 Å². The van der Waals surface area contributed by atoms with Crippen molar-refractivity contribution in [2.24, 2.45) is 0 Å². The summed E-state index contributed by atoms with van der Waals surface area (Å²) < 4.78 is 38.8. The molecular formula is C14H14F3NO. The van der Waals surface area contributed by atoms with E-state index in [9.17, 15) is 18.0 Å². The summed E-state index contributed by atoms with van der Waals surface area (Å²) in [4.78, 5) is 14.5. The summed E-state index contributed by atoms with van der Waals surface area (Å²) in [6.45, 7) is 4.95. The molecule has 0 radical (unpaired) electrons. The Balaban J connectivity index is 2.94. The molecule has 0 spiro atoms. The zero-order chi connectivity index (χ0) is 14.4. The van der Waals surface area contributed by atoms with Gasteiger partial charge in [0, 0.05) is 10.9 Å². The summed E-state index contributed by atoms with van der Waals surface area (Å²) in [5, 5.41) is 0.303. The van der Waals surface area contributed by atoms with E-state index in [0.717, 1.165) is 0 Å². The van der Waals surface area contributed by atoms with Crippen molar-refractivity contribution in [2.75, 3.05) is 0 Å². The Bertz CT molecular complexity index is 683. The van der Waals surface area contributed by atoms with Gasteiger partial charge >= 0.3 is 6.18 Å². The second-order valence-corrected chi connectivity index (χ2v) is 4.88. The summed E-state index contributed by atoms with van der Waals surface area (Å²) in [5.41, 5.74) is -0.830. The molecular weight excluding hydrogens is 255 g/mol. The van der Waals surface area contributed by atoms with Crippen LogP contribution in [0.4, 0.5) is 13.2 Å². The molecule has 2 aromatic rings. The van der Waals surface area contributed by atoms with E-state index in [2.05, 4.69) is 4.98 Å². The van der Waals surface area contributed by atoms with Gasteiger partial charge < -0.3 is 4.98 Å². The molecule has 0 atom stereocenters. The van der Waals surface area contributed by atoms with Gasteiger partial charge in [-0.1, -0.05) is 26.0 Å². The van der Waals surface area contributed by atoms with Crippen LogP contribution in [0.2, 0.25) is 0 Å². The first kappa shape index (κ1) is 13.6. The van der Waals surface area contributed by atoms with E-state index in [1.807, 2.05) is 13.8 Å². The number of fused-ring (bicyclic) bond motifs is 1. The predicted octanol–water partition coefficient (Wildman–Crippen LogP) is 3.98. The minimum absolute atomic E-state index is 0.0307. The molecule has 0 amide bonds. The molecule has 0 unspecified atom stereocenters. The van der Waals surface area contributed by atoms with Crippen LogP contribution in [-0.4, -0.2) is 4.98 Å². The smallest absolute Gasteiger partial charge is 0.350 e. The van der Waals surface area contributed by atoms with E-state index in [-0.39, 0.29) is 17.0 Å². The van der Waals surface area contributed by atoms with Crippen molar-refractivity contribution in [1.82, 2.24) is 4.98 Å². The summed E-state index contributed by atoms with van der Waals surface area (Å²) in [7, 11) is 0. The van der Waals surface area contributed by atoms with Gasteiger partial charge in [-0.3, -0.25) is 4.79 Å². The van der Waals surface area contributed by atoms with E-state index in [4.69, 9.17) is 0 Å². The Kier molecular flexibility index (Phi) is 3.16. The number of halogens is 3. The molecule has 2 nitrogen and oxygen atoms in total. The van der Waals surface area contributed by atoms with Gasteiger partial charge in [0.15, 0.2) is 5.43 Å². The second-order valence-electron chi connectivity index (χ2n) is 4.88. The Morgan fingerprint density at radius 3 is 2.37 bits per heavy atom. The van der Waals surface area contributed by atoms with Crippen LogP contribution in [0.25, 0.3) is 10.9 Å². The highest BCUT2D eigenvalue weighted by atomic mass is 19.4. The minimum Gasteiger partial charge on any atom is -0.350 e. The third kappa shape index (κ3) is 2.25. The van der Waals surface area contributed by atoms with Crippen molar-refractivity contribution in [1.29, 1.82) is 0 Å². The molecule has 1 N–H and O–H groups in total. The summed E-state index contributed by atoms with van der Waals surface area (Å²) in [6, 6.07) is 4.98. The van der Waals surface area contributed by atoms with Crippen LogP contribution in [0, 0.1) is 6.92 Å². The number of nitrogens with one attached hydrogen (secondary N) is 1. The topological polar surface area (TPSA) is 32.9 Å². The van der Waals surface area contributed by atoms with Gasteiger partial charge in [0.05, 0.1) is 5.52 Å². The monoisotopic (exact) mass is 269 g/mol. The lowest BCUT2D eigenvalue weighted by molar-refractivity contribution is -0.141. The predicted molar refractivity (Wildman–Crippen MR) is 68.4 cm³/mol. The summed E-state index contributed by atoms with van der Waals surface area (Å²) in [6.07, 6.45) is -4.55. The van der Waals surface area contributed by atoms with E-state index in [0.29, 0.717) is 10.9 Å². The number of rotatable bonds is 1. The lowest BCUT2D eigenvalue weighted by atomic mass is 9.98. The van der Waals surface area contributed by atoms with Crippen LogP contribution >= 0.6 is 0 Å². The van der Waals surface area contributed by atoms with Crippen LogP contribution in [0.5, 0.6) is 0 Å². The minimum atomic E-state index is -4.55. The fourth-order valence-electron chi connectivity index (χ4n) is 2.20. The third-order valence-electron chi connectivity index (χ3n) is 3.21. The zero-order valence-corrected chi connectivity index (χ0v) is 10.9. The molecule has 0 fully saturated rings. The highest BCUT2D eigenvalue weighted by Gasteiger charge is 2.35. The number of aromatic amines is 1. The second kappa shape index (κ2) is 4.40. The number of hydrogen-bond donors (Lipinski definition) is 1. The normalized spacial score (nSPS) is 12.4. The largest absolute Gasteiger partial charge is 0.431 e. The molecule has 1 heterocycles. The van der Waals surface area contributed by atoms with E-state index in [1.165, 1.54) is 6.92 Å². The number of H-pyrrole nitrogens is 1. The number of pyridine rings is 1. The summed E-state index contributed by atoms with van der Waals surface area (Å²) >= 11 is 0. The molecule has 2 rings (SSSR count). The maximum atomic E-state index is 12.9. The van der Waals surface area contributed by atoms with Crippen LogP contribution in [0.1, 0.15) is 36.6 Å². The van der Waals surface area contributed by atoms with Gasteiger partial charge in [0.2, 0.25) is 0 Å². The van der Waals surface area contributed by atoms with Crippen LogP contribution in [0.3, 0.4) is 0 Å². The van der Waals surface area contributed by atoms with Gasteiger partial charge in [0.25, 0.3) is 0 Å². The lowest BCUT2D eigenvalue weighted by Crippen LogP contribution is -2.19. The first-order valence-corrected chi connectivity index (χ1v) is 5.96. The molecule has 19 heavy (non-hydrogen) atoms.